The summed E-state index contributed by atoms with van der Waals surface area (Å²) in [6.07, 6.45) is 1.84. The molecule has 0 saturated heterocycles. The van der Waals surface area contributed by atoms with Gasteiger partial charge in [-0.15, -0.1) is 5.10 Å². The van der Waals surface area contributed by atoms with Crippen LogP contribution in [0.25, 0.3) is 0 Å². The minimum absolute atomic E-state index is 0.0614. The molecule has 2 aromatic rings. The van der Waals surface area contributed by atoms with Crippen LogP contribution in [0.2, 0.25) is 0 Å². The number of rotatable bonds is 5. The Labute approximate surface area is 153 Å². The van der Waals surface area contributed by atoms with Crippen LogP contribution in [-0.4, -0.2) is 38.5 Å². The summed E-state index contributed by atoms with van der Waals surface area (Å²) in [5.41, 5.74) is 1.42. The van der Waals surface area contributed by atoms with Crippen LogP contribution in [0.15, 0.2) is 40.7 Å². The van der Waals surface area contributed by atoms with Crippen LogP contribution in [-0.2, 0) is 9.53 Å². The molecule has 1 aliphatic rings. The molecule has 1 aliphatic heterocycles. The number of ether oxygens (including phenoxy) is 1. The predicted molar refractivity (Wildman–Crippen MR) is 96.0 cm³/mol. The van der Waals surface area contributed by atoms with Gasteiger partial charge in [0.15, 0.2) is 0 Å². The Hall–Kier alpha value is -2.88. The Bertz CT molecular complexity index is 908. The number of non-ortho nitro benzene ring substituents is 1. The molecule has 0 fully saturated rings. The third kappa shape index (κ3) is 3.15. The number of esters is 1. The lowest BCUT2D eigenvalue weighted by Gasteiger charge is -2.27. The number of carbonyl (C=O) groups excluding carboxylic acids is 1. The van der Waals surface area contributed by atoms with Crippen molar-refractivity contribution in [2.24, 2.45) is 0 Å². The maximum absolute atomic E-state index is 12.6. The molecule has 0 saturated carbocycles. The third-order valence-electron chi connectivity index (χ3n) is 3.91. The number of carbonyl (C=O) groups is 1. The average Bonchev–Trinajstić information content (AvgIpc) is 3.03. The zero-order valence-corrected chi connectivity index (χ0v) is 15.2. The van der Waals surface area contributed by atoms with Crippen molar-refractivity contribution in [3.8, 4) is 0 Å². The highest BCUT2D eigenvalue weighted by Gasteiger charge is 2.35. The first-order valence-corrected chi connectivity index (χ1v) is 9.08. The van der Waals surface area contributed by atoms with Crippen molar-refractivity contribution in [3.63, 3.8) is 0 Å². The van der Waals surface area contributed by atoms with E-state index in [1.54, 1.807) is 30.7 Å². The molecule has 0 bridgehead atoms. The smallest absolute Gasteiger partial charge is 0.338 e. The summed E-state index contributed by atoms with van der Waals surface area (Å²) in [4.78, 5) is 27.6. The fourth-order valence-electron chi connectivity index (χ4n) is 2.81. The van der Waals surface area contributed by atoms with Gasteiger partial charge in [-0.2, -0.15) is 4.98 Å². The minimum atomic E-state index is -0.668. The van der Waals surface area contributed by atoms with Crippen LogP contribution in [0.5, 0.6) is 0 Å². The number of thioether (sulfide) groups is 1. The van der Waals surface area contributed by atoms with E-state index < -0.39 is 16.9 Å². The fourth-order valence-corrected chi connectivity index (χ4v) is 3.16. The number of hydrogen-bond donors (Lipinski definition) is 1. The molecule has 9 nitrogen and oxygen atoms in total. The number of aromatic nitrogens is 3. The summed E-state index contributed by atoms with van der Waals surface area (Å²) in [6.45, 7) is 3.68. The van der Waals surface area contributed by atoms with E-state index in [0.29, 0.717) is 27.9 Å². The number of nitrogens with zero attached hydrogens (tertiary/aromatic N) is 4. The van der Waals surface area contributed by atoms with E-state index in [9.17, 15) is 14.9 Å². The molecule has 0 amide bonds. The first kappa shape index (κ1) is 17.9. The molecule has 1 N–H and O–H groups in total. The van der Waals surface area contributed by atoms with Crippen LogP contribution in [0.4, 0.5) is 11.6 Å². The van der Waals surface area contributed by atoms with Gasteiger partial charge in [0.25, 0.3) is 5.69 Å². The van der Waals surface area contributed by atoms with E-state index in [0.717, 1.165) is 0 Å². The minimum Gasteiger partial charge on any atom is -0.463 e. The Morgan fingerprint density at radius 2 is 2.27 bits per heavy atom. The number of nitrogens with one attached hydrogen (secondary N) is 1. The molecule has 1 aromatic heterocycles. The van der Waals surface area contributed by atoms with Gasteiger partial charge in [0.05, 0.1) is 17.1 Å². The zero-order chi connectivity index (χ0) is 18.8. The molecule has 0 spiro atoms. The molecule has 26 heavy (non-hydrogen) atoms. The van der Waals surface area contributed by atoms with Gasteiger partial charge >= 0.3 is 5.97 Å². The highest BCUT2D eigenvalue weighted by Crippen LogP contribution is 2.37. The molecule has 3 rings (SSSR count). The second-order valence-electron chi connectivity index (χ2n) is 5.51. The van der Waals surface area contributed by atoms with Gasteiger partial charge < -0.3 is 10.1 Å². The van der Waals surface area contributed by atoms with Gasteiger partial charge in [-0.3, -0.25) is 10.1 Å². The van der Waals surface area contributed by atoms with E-state index in [4.69, 9.17) is 4.74 Å². The first-order valence-electron chi connectivity index (χ1n) is 7.86. The largest absolute Gasteiger partial charge is 0.463 e. The van der Waals surface area contributed by atoms with Crippen LogP contribution in [0.3, 0.4) is 0 Å². The Balaban J connectivity index is 2.19. The maximum atomic E-state index is 12.6. The quantitative estimate of drug-likeness (QED) is 0.367. The van der Waals surface area contributed by atoms with Crippen LogP contribution < -0.4 is 5.32 Å². The summed E-state index contributed by atoms with van der Waals surface area (Å²) in [5, 5.41) is 19.2. The SMILES string of the molecule is CCOC(=O)C1=C(C)Nc2nc(SC)nn2[C@@H]1c1cccc([N+](=O)[O-])c1. The second kappa shape index (κ2) is 7.16. The Morgan fingerprint density at radius 1 is 1.50 bits per heavy atom. The molecular weight excluding hydrogens is 358 g/mol. The molecule has 0 aliphatic carbocycles. The zero-order valence-electron chi connectivity index (χ0n) is 14.4. The number of hydrogen-bond acceptors (Lipinski definition) is 8. The normalized spacial score (nSPS) is 16.0. The summed E-state index contributed by atoms with van der Waals surface area (Å²) in [5.74, 6) is -0.0303. The van der Waals surface area contributed by atoms with E-state index in [1.807, 2.05) is 6.26 Å². The standard InChI is InChI=1S/C16H17N5O4S/c1-4-25-14(22)12-9(2)17-15-18-16(26-3)19-20(15)13(12)10-6-5-7-11(8-10)21(23)24/h5-8,13H,4H2,1-3H3,(H,17,18,19)/t13-/m1/s1. The predicted octanol–water partition coefficient (Wildman–Crippen LogP) is 2.76. The van der Waals surface area contributed by atoms with Gasteiger partial charge in [-0.05, 0) is 25.7 Å². The highest BCUT2D eigenvalue weighted by molar-refractivity contribution is 7.98. The van der Waals surface area contributed by atoms with E-state index in [2.05, 4.69) is 15.4 Å². The highest BCUT2D eigenvalue weighted by atomic mass is 32.2. The number of anilines is 1. The van der Waals surface area contributed by atoms with E-state index >= 15 is 0 Å². The van der Waals surface area contributed by atoms with Crippen LogP contribution in [0, 0.1) is 10.1 Å². The van der Waals surface area contributed by atoms with Gasteiger partial charge in [0.2, 0.25) is 11.1 Å². The Kier molecular flexibility index (Phi) is 4.94. The monoisotopic (exact) mass is 375 g/mol. The molecule has 10 heteroatoms. The second-order valence-corrected chi connectivity index (χ2v) is 6.28. The number of nitro groups is 1. The molecule has 1 aromatic carbocycles. The topological polar surface area (TPSA) is 112 Å². The molecule has 1 atom stereocenters. The summed E-state index contributed by atoms with van der Waals surface area (Å²) in [7, 11) is 0. The van der Waals surface area contributed by atoms with Crippen molar-refractivity contribution in [1.29, 1.82) is 0 Å². The van der Waals surface area contributed by atoms with Crippen molar-refractivity contribution in [3.05, 3.63) is 51.2 Å². The Morgan fingerprint density at radius 3 is 2.92 bits per heavy atom. The summed E-state index contributed by atoms with van der Waals surface area (Å²) in [6, 6.07) is 5.48. The molecule has 2 heterocycles. The number of fused-ring (bicyclic) bond motifs is 1. The molecular formula is C16H17N5O4S. The van der Waals surface area contributed by atoms with Crippen molar-refractivity contribution in [2.45, 2.75) is 25.0 Å². The lowest BCUT2D eigenvalue weighted by Crippen LogP contribution is -2.29. The van der Waals surface area contributed by atoms with Crippen LogP contribution >= 0.6 is 11.8 Å². The van der Waals surface area contributed by atoms with Gasteiger partial charge in [-0.25, -0.2) is 9.48 Å². The van der Waals surface area contributed by atoms with Gasteiger partial charge in [-0.1, -0.05) is 23.9 Å². The molecule has 0 unspecified atom stereocenters. The number of benzene rings is 1. The van der Waals surface area contributed by atoms with Crippen LogP contribution in [0.1, 0.15) is 25.5 Å². The summed E-state index contributed by atoms with van der Waals surface area (Å²) < 4.78 is 6.75. The number of nitro benzene ring substituents is 1. The van der Waals surface area contributed by atoms with Gasteiger partial charge in [0.1, 0.15) is 6.04 Å². The lowest BCUT2D eigenvalue weighted by atomic mass is 9.95. The third-order valence-corrected chi connectivity index (χ3v) is 4.45. The fraction of sp³-hybridized carbons (Fsp3) is 0.312. The number of allylic oxidation sites excluding steroid dienone is 1. The van der Waals surface area contributed by atoms with E-state index in [-0.39, 0.29) is 12.3 Å². The first-order chi connectivity index (χ1) is 12.5. The lowest BCUT2D eigenvalue weighted by molar-refractivity contribution is -0.384. The maximum Gasteiger partial charge on any atom is 0.338 e. The molecule has 136 valence electrons. The van der Waals surface area contributed by atoms with Crippen molar-refractivity contribution in [2.75, 3.05) is 18.2 Å². The van der Waals surface area contributed by atoms with Crippen molar-refractivity contribution in [1.82, 2.24) is 14.8 Å². The van der Waals surface area contributed by atoms with Crippen molar-refractivity contribution < 1.29 is 14.5 Å². The average molecular weight is 375 g/mol. The van der Waals surface area contributed by atoms with E-state index in [1.165, 1.54) is 23.9 Å². The molecule has 0 radical (unpaired) electrons. The summed E-state index contributed by atoms with van der Waals surface area (Å²) >= 11 is 1.36. The van der Waals surface area contributed by atoms with Crippen molar-refractivity contribution >= 4 is 29.4 Å². The van der Waals surface area contributed by atoms with Gasteiger partial charge in [0, 0.05) is 17.8 Å².